The molecule has 0 spiro atoms. The molecule has 1 amide bonds. The Balaban J connectivity index is 1.64. The summed E-state index contributed by atoms with van der Waals surface area (Å²) in [6.07, 6.45) is 7.32. The van der Waals surface area contributed by atoms with Crippen LogP contribution in [0.25, 0.3) is 16.7 Å². The number of fused-ring (bicyclic) bond motifs is 2. The van der Waals surface area contributed by atoms with Crippen LogP contribution in [0.1, 0.15) is 44.2 Å². The molecule has 2 aromatic carbocycles. The number of rotatable bonds is 5. The number of hydrogen-bond donors (Lipinski definition) is 1. The number of aromatic nitrogens is 1. The third-order valence-electron chi connectivity index (χ3n) is 6.01. The fraction of sp³-hybridized carbons (Fsp3) is 0.320. The predicted molar refractivity (Wildman–Crippen MR) is 125 cm³/mol. The van der Waals surface area contributed by atoms with Crippen molar-refractivity contribution >= 4 is 34.5 Å². The maximum absolute atomic E-state index is 12.4. The highest BCUT2D eigenvalue weighted by Crippen LogP contribution is 2.43. The van der Waals surface area contributed by atoms with Crippen molar-refractivity contribution < 1.29 is 13.9 Å². The summed E-state index contributed by atoms with van der Waals surface area (Å²) in [7, 11) is 0. The maximum atomic E-state index is 12.4. The zero-order valence-corrected chi connectivity index (χ0v) is 18.2. The molecule has 2 N–H and O–H groups in total. The molecule has 0 unspecified atom stereocenters. The first-order valence-corrected chi connectivity index (χ1v) is 11.0. The minimum absolute atomic E-state index is 0.00361. The minimum Gasteiger partial charge on any atom is -0.410 e. The van der Waals surface area contributed by atoms with E-state index in [0.29, 0.717) is 17.4 Å². The third-order valence-corrected chi connectivity index (χ3v) is 6.01. The summed E-state index contributed by atoms with van der Waals surface area (Å²) in [6, 6.07) is 11.9. The van der Waals surface area contributed by atoms with Crippen molar-refractivity contribution in [3.8, 4) is 11.8 Å². The van der Waals surface area contributed by atoms with Gasteiger partial charge in [0.1, 0.15) is 11.3 Å². The first kappa shape index (κ1) is 20.3. The molecule has 5 rings (SSSR count). The number of aliphatic imine (C=N–C) groups is 1. The Labute approximate surface area is 186 Å². The predicted octanol–water partition coefficient (Wildman–Crippen LogP) is 4.84. The summed E-state index contributed by atoms with van der Waals surface area (Å²) in [6.45, 7) is 3.65. The Morgan fingerprint density at radius 1 is 1.25 bits per heavy atom. The van der Waals surface area contributed by atoms with Crippen molar-refractivity contribution in [3.05, 3.63) is 53.7 Å². The number of oxazole rings is 1. The molecule has 7 nitrogen and oxygen atoms in total. The second-order valence-electron chi connectivity index (χ2n) is 8.40. The van der Waals surface area contributed by atoms with Gasteiger partial charge < -0.3 is 19.8 Å². The molecule has 7 heteroatoms. The van der Waals surface area contributed by atoms with Crippen molar-refractivity contribution in [3.63, 3.8) is 0 Å². The van der Waals surface area contributed by atoms with Crippen LogP contribution in [0.3, 0.4) is 0 Å². The van der Waals surface area contributed by atoms with E-state index in [0.717, 1.165) is 53.6 Å². The number of nitrogens with two attached hydrogens (primary N) is 1. The topological polar surface area (TPSA) is 94.0 Å². The van der Waals surface area contributed by atoms with Crippen molar-refractivity contribution in [2.45, 2.75) is 51.6 Å². The normalized spacial score (nSPS) is 18.9. The fourth-order valence-corrected chi connectivity index (χ4v) is 4.22. The summed E-state index contributed by atoms with van der Waals surface area (Å²) >= 11 is 0. The Kier molecular flexibility index (Phi) is 5.17. The van der Waals surface area contributed by atoms with Crippen molar-refractivity contribution in [1.29, 1.82) is 0 Å². The highest BCUT2D eigenvalue weighted by molar-refractivity contribution is 6.11. The van der Waals surface area contributed by atoms with Gasteiger partial charge in [-0.2, -0.15) is 4.98 Å². The van der Waals surface area contributed by atoms with Crippen LogP contribution in [0.5, 0.6) is 11.8 Å². The van der Waals surface area contributed by atoms with Crippen LogP contribution < -0.4 is 15.4 Å². The summed E-state index contributed by atoms with van der Waals surface area (Å²) in [4.78, 5) is 23.3. The first-order valence-electron chi connectivity index (χ1n) is 11.0. The van der Waals surface area contributed by atoms with Gasteiger partial charge in [0.15, 0.2) is 5.58 Å². The monoisotopic (exact) mass is 430 g/mol. The van der Waals surface area contributed by atoms with Gasteiger partial charge in [-0.15, -0.1) is 0 Å². The number of hydrogen-bond acceptors (Lipinski definition) is 6. The number of nitrogens with zero attached hydrogens (tertiary/aromatic N) is 3. The van der Waals surface area contributed by atoms with Gasteiger partial charge in [-0.05, 0) is 56.9 Å². The number of anilines is 1. The third kappa shape index (κ3) is 3.75. The van der Waals surface area contributed by atoms with Crippen LogP contribution in [0.15, 0.2) is 52.0 Å². The van der Waals surface area contributed by atoms with Crippen molar-refractivity contribution in [2.75, 3.05) is 4.90 Å². The lowest BCUT2D eigenvalue weighted by atomic mass is 9.92. The molecule has 1 saturated carbocycles. The second-order valence-corrected chi connectivity index (χ2v) is 8.40. The molecule has 0 saturated heterocycles. The average Bonchev–Trinajstić information content (AvgIpc) is 3.52. The lowest BCUT2D eigenvalue weighted by Gasteiger charge is -2.35. The molecule has 0 radical (unpaired) electrons. The molecule has 2 heterocycles. The fourth-order valence-electron chi connectivity index (χ4n) is 4.22. The molecule has 1 aliphatic heterocycles. The Hall–Kier alpha value is -3.61. The SMILES string of the molecule is CC(=O)N1c2ccc(C(C=NC3CC3)=CN)c(Oc3nc4ccccc4o3)c2CC[C@@H]1C. The molecular weight excluding hydrogens is 404 g/mol. The van der Waals surface area contributed by atoms with Crippen LogP contribution in [0.4, 0.5) is 5.69 Å². The Morgan fingerprint density at radius 2 is 2.06 bits per heavy atom. The van der Waals surface area contributed by atoms with E-state index in [4.69, 9.17) is 14.9 Å². The van der Waals surface area contributed by atoms with Gasteiger partial charge in [0.05, 0.1) is 11.7 Å². The van der Waals surface area contributed by atoms with Crippen molar-refractivity contribution in [1.82, 2.24) is 4.98 Å². The number of ether oxygens (including phenoxy) is 1. The van der Waals surface area contributed by atoms with E-state index < -0.39 is 0 Å². The zero-order valence-electron chi connectivity index (χ0n) is 18.2. The van der Waals surface area contributed by atoms with E-state index in [1.165, 1.54) is 0 Å². The standard InChI is InChI=1S/C25H26N4O3/c1-15-7-10-20-22(29(15)16(2)30)12-11-19(17(13-26)14-27-18-8-9-18)24(20)32-25-28-21-5-3-4-6-23(21)31-25/h3-6,11-15,18H,7-10,26H2,1-2H3/t15-/m0/s1. The van der Waals surface area contributed by atoms with E-state index >= 15 is 0 Å². The van der Waals surface area contributed by atoms with E-state index in [2.05, 4.69) is 16.9 Å². The van der Waals surface area contributed by atoms with Gasteiger partial charge in [0, 0.05) is 42.1 Å². The quantitative estimate of drug-likeness (QED) is 0.585. The van der Waals surface area contributed by atoms with Gasteiger partial charge in [-0.25, -0.2) is 0 Å². The van der Waals surface area contributed by atoms with E-state index in [1.807, 2.05) is 47.5 Å². The smallest absolute Gasteiger partial charge is 0.400 e. The molecule has 3 aromatic rings. The van der Waals surface area contributed by atoms with Crippen LogP contribution in [-0.4, -0.2) is 29.2 Å². The van der Waals surface area contributed by atoms with E-state index in [1.54, 1.807) is 13.1 Å². The number of amides is 1. The van der Waals surface area contributed by atoms with Crippen LogP contribution >= 0.6 is 0 Å². The number of carbonyl (C=O) groups excluding carboxylic acids is 1. The van der Waals surface area contributed by atoms with Gasteiger partial charge in [-0.1, -0.05) is 12.1 Å². The lowest BCUT2D eigenvalue weighted by molar-refractivity contribution is -0.117. The number of carbonyl (C=O) groups is 1. The molecule has 0 bridgehead atoms. The van der Waals surface area contributed by atoms with E-state index in [-0.39, 0.29) is 18.0 Å². The van der Waals surface area contributed by atoms with Gasteiger partial charge in [0.2, 0.25) is 5.91 Å². The number of benzene rings is 2. The summed E-state index contributed by atoms with van der Waals surface area (Å²) < 4.78 is 12.1. The molecule has 1 fully saturated rings. The number of para-hydroxylation sites is 2. The molecule has 2 aliphatic rings. The Bertz CT molecular complexity index is 1210. The molecular formula is C25H26N4O3. The molecule has 1 atom stereocenters. The van der Waals surface area contributed by atoms with Gasteiger partial charge in [-0.3, -0.25) is 9.79 Å². The highest BCUT2D eigenvalue weighted by Gasteiger charge is 2.31. The maximum Gasteiger partial charge on any atom is 0.400 e. The molecule has 1 aliphatic carbocycles. The molecule has 1 aromatic heterocycles. The average molecular weight is 431 g/mol. The number of allylic oxidation sites excluding steroid dienone is 1. The summed E-state index contributed by atoms with van der Waals surface area (Å²) in [5, 5.41) is 0. The van der Waals surface area contributed by atoms with E-state index in [9.17, 15) is 4.79 Å². The van der Waals surface area contributed by atoms with Gasteiger partial charge in [0.25, 0.3) is 0 Å². The molecule has 164 valence electrons. The lowest BCUT2D eigenvalue weighted by Crippen LogP contribution is -2.40. The van der Waals surface area contributed by atoms with Gasteiger partial charge >= 0.3 is 6.08 Å². The largest absolute Gasteiger partial charge is 0.410 e. The Morgan fingerprint density at radius 3 is 2.78 bits per heavy atom. The van der Waals surface area contributed by atoms with Crippen LogP contribution in [0.2, 0.25) is 0 Å². The van der Waals surface area contributed by atoms with Crippen LogP contribution in [-0.2, 0) is 11.2 Å². The zero-order chi connectivity index (χ0) is 22.2. The highest BCUT2D eigenvalue weighted by atomic mass is 16.6. The second kappa shape index (κ2) is 8.15. The summed E-state index contributed by atoms with van der Waals surface area (Å²) in [5.74, 6) is 0.607. The minimum atomic E-state index is 0.00361. The van der Waals surface area contributed by atoms with Crippen LogP contribution in [0, 0.1) is 0 Å². The summed E-state index contributed by atoms with van der Waals surface area (Å²) in [5.41, 5.74) is 10.7. The molecule has 32 heavy (non-hydrogen) atoms. The van der Waals surface area contributed by atoms with Crippen molar-refractivity contribution in [2.24, 2.45) is 10.7 Å². The first-order chi connectivity index (χ1) is 15.5.